The molecule has 1 aliphatic carbocycles. The van der Waals surface area contributed by atoms with Gasteiger partial charge in [0.05, 0.1) is 12.6 Å². The Morgan fingerprint density at radius 1 is 1.28 bits per heavy atom. The molecule has 4 heteroatoms. The first-order valence-corrected chi connectivity index (χ1v) is 7.26. The number of amides is 1. The van der Waals surface area contributed by atoms with Crippen LogP contribution in [-0.4, -0.2) is 37.2 Å². The van der Waals surface area contributed by atoms with Crippen molar-refractivity contribution in [3.63, 3.8) is 0 Å². The number of methoxy groups -OCH3 is 1. The molecule has 1 saturated carbocycles. The van der Waals surface area contributed by atoms with Crippen LogP contribution in [0.5, 0.6) is 0 Å². The predicted octanol–water partition coefficient (Wildman–Crippen LogP) is 1.95. The van der Waals surface area contributed by atoms with Gasteiger partial charge in [-0.15, -0.1) is 0 Å². The first kappa shape index (κ1) is 13.8. The lowest BCUT2D eigenvalue weighted by Crippen LogP contribution is -2.49. The highest BCUT2D eigenvalue weighted by Crippen LogP contribution is 2.28. The lowest BCUT2D eigenvalue weighted by molar-refractivity contribution is -0.132. The molecule has 1 saturated heterocycles. The number of nitrogens with one attached hydrogen (secondary N) is 1. The minimum Gasteiger partial charge on any atom is -0.383 e. The topological polar surface area (TPSA) is 41.6 Å². The summed E-state index contributed by atoms with van der Waals surface area (Å²) in [4.78, 5) is 12.2. The molecule has 104 valence electrons. The second-order valence-corrected chi connectivity index (χ2v) is 5.88. The first-order valence-electron chi connectivity index (χ1n) is 7.26. The Bertz CT molecular complexity index is 275. The zero-order valence-corrected chi connectivity index (χ0v) is 11.7. The van der Waals surface area contributed by atoms with Gasteiger partial charge in [-0.05, 0) is 44.4 Å². The van der Waals surface area contributed by atoms with Gasteiger partial charge in [-0.25, -0.2) is 5.01 Å². The lowest BCUT2D eigenvalue weighted by Gasteiger charge is -2.29. The van der Waals surface area contributed by atoms with Gasteiger partial charge in [-0.1, -0.05) is 6.92 Å². The molecule has 1 amide bonds. The van der Waals surface area contributed by atoms with E-state index in [0.29, 0.717) is 12.6 Å². The summed E-state index contributed by atoms with van der Waals surface area (Å²) in [5, 5.41) is 2.09. The molecule has 0 bridgehead atoms. The highest BCUT2D eigenvalue weighted by molar-refractivity contribution is 5.78. The Hall–Kier alpha value is -0.610. The zero-order chi connectivity index (χ0) is 13.0. The summed E-state index contributed by atoms with van der Waals surface area (Å²) in [6, 6.07) is 0.362. The maximum Gasteiger partial charge on any atom is 0.237 e. The van der Waals surface area contributed by atoms with Gasteiger partial charge in [0.1, 0.15) is 0 Å². The van der Waals surface area contributed by atoms with Crippen LogP contribution in [0.2, 0.25) is 0 Å². The van der Waals surface area contributed by atoms with Crippen molar-refractivity contribution in [2.24, 2.45) is 11.8 Å². The van der Waals surface area contributed by atoms with Gasteiger partial charge in [0.2, 0.25) is 5.91 Å². The molecule has 0 radical (unpaired) electrons. The summed E-state index contributed by atoms with van der Waals surface area (Å²) in [5.74, 6) is 1.25. The van der Waals surface area contributed by atoms with E-state index in [0.717, 1.165) is 38.1 Å². The molecule has 0 aromatic rings. The van der Waals surface area contributed by atoms with Crippen LogP contribution in [0, 0.1) is 11.8 Å². The molecule has 2 fully saturated rings. The SMILES string of the molecule is COC[C@@H]1CCCN1NC(=O)[C@H]1CC[C@@H](C)CC1. The standard InChI is InChI=1S/C14H26N2O2/c1-11-5-7-12(8-6-11)14(17)15-16-9-3-4-13(16)10-18-2/h11-13H,3-10H2,1-2H3,(H,15,17)/t11-,12+,13-/m0/s1. The summed E-state index contributed by atoms with van der Waals surface area (Å²) >= 11 is 0. The van der Waals surface area contributed by atoms with Crippen molar-refractivity contribution in [1.82, 2.24) is 10.4 Å². The minimum atomic E-state index is 0.227. The van der Waals surface area contributed by atoms with Crippen LogP contribution in [0.3, 0.4) is 0 Å². The number of hydrogen-bond acceptors (Lipinski definition) is 3. The smallest absolute Gasteiger partial charge is 0.237 e. The predicted molar refractivity (Wildman–Crippen MR) is 70.9 cm³/mol. The molecule has 1 N–H and O–H groups in total. The normalized spacial score (nSPS) is 33.6. The molecule has 2 rings (SSSR count). The Labute approximate surface area is 110 Å². The molecular weight excluding hydrogens is 228 g/mol. The van der Waals surface area contributed by atoms with Crippen molar-refractivity contribution >= 4 is 5.91 Å². The third kappa shape index (κ3) is 3.45. The highest BCUT2D eigenvalue weighted by Gasteiger charge is 2.29. The molecule has 0 unspecified atom stereocenters. The van der Waals surface area contributed by atoms with Crippen molar-refractivity contribution in [3.8, 4) is 0 Å². The molecule has 1 aliphatic heterocycles. The average molecular weight is 254 g/mol. The third-order valence-corrected chi connectivity index (χ3v) is 4.38. The van der Waals surface area contributed by atoms with E-state index >= 15 is 0 Å². The quantitative estimate of drug-likeness (QED) is 0.834. The van der Waals surface area contributed by atoms with Crippen LogP contribution >= 0.6 is 0 Å². The highest BCUT2D eigenvalue weighted by atomic mass is 16.5. The van der Waals surface area contributed by atoms with Gasteiger partial charge in [0, 0.05) is 19.6 Å². The molecule has 4 nitrogen and oxygen atoms in total. The third-order valence-electron chi connectivity index (χ3n) is 4.38. The van der Waals surface area contributed by atoms with Crippen molar-refractivity contribution in [2.45, 2.75) is 51.5 Å². The molecule has 1 heterocycles. The van der Waals surface area contributed by atoms with Crippen LogP contribution in [0.25, 0.3) is 0 Å². The van der Waals surface area contributed by atoms with Crippen molar-refractivity contribution in [3.05, 3.63) is 0 Å². The molecule has 0 spiro atoms. The molecular formula is C14H26N2O2. The van der Waals surface area contributed by atoms with E-state index in [1.165, 1.54) is 12.8 Å². The molecule has 2 aliphatic rings. The van der Waals surface area contributed by atoms with Gasteiger partial charge in [-0.2, -0.15) is 0 Å². The van der Waals surface area contributed by atoms with E-state index in [1.54, 1.807) is 7.11 Å². The summed E-state index contributed by atoms with van der Waals surface area (Å²) < 4.78 is 5.20. The van der Waals surface area contributed by atoms with Crippen molar-refractivity contribution < 1.29 is 9.53 Å². The number of carbonyl (C=O) groups excluding carboxylic acids is 1. The van der Waals surface area contributed by atoms with E-state index in [2.05, 4.69) is 17.4 Å². The van der Waals surface area contributed by atoms with E-state index in [1.807, 2.05) is 0 Å². The van der Waals surface area contributed by atoms with E-state index in [9.17, 15) is 4.79 Å². The largest absolute Gasteiger partial charge is 0.383 e. The number of rotatable bonds is 4. The average Bonchev–Trinajstić information content (AvgIpc) is 2.78. The number of ether oxygens (including phenoxy) is 1. The van der Waals surface area contributed by atoms with E-state index < -0.39 is 0 Å². The van der Waals surface area contributed by atoms with Crippen LogP contribution in [0.15, 0.2) is 0 Å². The van der Waals surface area contributed by atoms with E-state index in [4.69, 9.17) is 4.74 Å². The number of carbonyl (C=O) groups is 1. The maximum absolute atomic E-state index is 12.2. The molecule has 0 aromatic heterocycles. The number of hydrazine groups is 1. The summed E-state index contributed by atoms with van der Waals surface area (Å²) in [5.41, 5.74) is 3.11. The van der Waals surface area contributed by atoms with Gasteiger partial charge in [0.25, 0.3) is 0 Å². The maximum atomic E-state index is 12.2. The minimum absolute atomic E-state index is 0.227. The number of nitrogens with zero attached hydrogens (tertiary/aromatic N) is 1. The molecule has 18 heavy (non-hydrogen) atoms. The summed E-state index contributed by atoms with van der Waals surface area (Å²) in [6.07, 6.45) is 6.76. The van der Waals surface area contributed by atoms with Gasteiger partial charge in [-0.3, -0.25) is 10.2 Å². The lowest BCUT2D eigenvalue weighted by atomic mass is 9.83. The van der Waals surface area contributed by atoms with E-state index in [-0.39, 0.29) is 11.8 Å². The second-order valence-electron chi connectivity index (χ2n) is 5.88. The fourth-order valence-corrected chi connectivity index (χ4v) is 3.10. The van der Waals surface area contributed by atoms with Crippen LogP contribution < -0.4 is 5.43 Å². The van der Waals surface area contributed by atoms with Crippen molar-refractivity contribution in [2.75, 3.05) is 20.3 Å². The fourth-order valence-electron chi connectivity index (χ4n) is 3.10. The van der Waals surface area contributed by atoms with Crippen LogP contribution in [0.4, 0.5) is 0 Å². The van der Waals surface area contributed by atoms with Gasteiger partial charge < -0.3 is 4.74 Å². The zero-order valence-electron chi connectivity index (χ0n) is 11.7. The summed E-state index contributed by atoms with van der Waals surface area (Å²) in [7, 11) is 1.72. The Kier molecular flexibility index (Phi) is 5.01. The van der Waals surface area contributed by atoms with Crippen molar-refractivity contribution in [1.29, 1.82) is 0 Å². The fraction of sp³-hybridized carbons (Fsp3) is 0.929. The van der Waals surface area contributed by atoms with Crippen LogP contribution in [0.1, 0.15) is 45.4 Å². The second kappa shape index (κ2) is 6.53. The van der Waals surface area contributed by atoms with Gasteiger partial charge >= 0.3 is 0 Å². The monoisotopic (exact) mass is 254 g/mol. The Morgan fingerprint density at radius 3 is 2.67 bits per heavy atom. The molecule has 1 atom stereocenters. The number of hydrogen-bond donors (Lipinski definition) is 1. The Balaban J connectivity index is 1.79. The molecule has 0 aromatic carbocycles. The first-order chi connectivity index (χ1) is 8.70. The summed E-state index contributed by atoms with van der Waals surface area (Å²) in [6.45, 7) is 3.95. The van der Waals surface area contributed by atoms with Crippen LogP contribution in [-0.2, 0) is 9.53 Å². The van der Waals surface area contributed by atoms with Gasteiger partial charge in [0.15, 0.2) is 0 Å². The Morgan fingerprint density at radius 2 is 2.00 bits per heavy atom.